The summed E-state index contributed by atoms with van der Waals surface area (Å²) < 4.78 is 0. The van der Waals surface area contributed by atoms with Crippen LogP contribution in [0, 0.1) is 0 Å². The summed E-state index contributed by atoms with van der Waals surface area (Å²) in [7, 11) is 0. The summed E-state index contributed by atoms with van der Waals surface area (Å²) in [5.41, 5.74) is 15.0. The molecule has 11 rings (SSSR count). The van der Waals surface area contributed by atoms with E-state index in [2.05, 4.69) is 202 Å². The smallest absolute Gasteiger partial charge is 0.160 e. The first-order valence-electron chi connectivity index (χ1n) is 19.7. The molecule has 0 spiro atoms. The zero-order valence-electron chi connectivity index (χ0n) is 31.9. The van der Waals surface area contributed by atoms with E-state index in [9.17, 15) is 0 Å². The molecule has 57 heavy (non-hydrogen) atoms. The van der Waals surface area contributed by atoms with Gasteiger partial charge in [-0.15, -0.1) is 0 Å². The maximum atomic E-state index is 5.31. The highest BCUT2D eigenvalue weighted by Gasteiger charge is 2.37. The molecule has 0 saturated heterocycles. The maximum Gasteiger partial charge on any atom is 0.160 e. The molecule has 0 amide bonds. The van der Waals surface area contributed by atoms with Crippen LogP contribution in [0.1, 0.15) is 25.0 Å². The van der Waals surface area contributed by atoms with E-state index in [0.29, 0.717) is 0 Å². The first-order valence-corrected chi connectivity index (χ1v) is 19.7. The summed E-state index contributed by atoms with van der Waals surface area (Å²) in [6.07, 6.45) is 0. The molecule has 1 heterocycles. The van der Waals surface area contributed by atoms with Gasteiger partial charge in [-0.1, -0.05) is 178 Å². The quantitative estimate of drug-likeness (QED) is 0.176. The van der Waals surface area contributed by atoms with Crippen LogP contribution in [0.5, 0.6) is 0 Å². The van der Waals surface area contributed by atoms with Gasteiger partial charge in [0.1, 0.15) is 0 Å². The van der Waals surface area contributed by atoms with Crippen LogP contribution in [0.15, 0.2) is 194 Å². The van der Waals surface area contributed by atoms with Gasteiger partial charge in [0, 0.05) is 22.1 Å². The van der Waals surface area contributed by atoms with Gasteiger partial charge in [-0.2, -0.15) is 0 Å². The molecule has 2 nitrogen and oxygen atoms in total. The lowest BCUT2D eigenvalue weighted by molar-refractivity contribution is 0.661. The second-order valence-corrected chi connectivity index (χ2v) is 15.8. The Bertz CT molecular complexity index is 3200. The Labute approximate surface area is 332 Å². The van der Waals surface area contributed by atoms with Gasteiger partial charge >= 0.3 is 0 Å². The maximum absolute atomic E-state index is 5.31. The predicted molar refractivity (Wildman–Crippen MR) is 239 cm³/mol. The first kappa shape index (κ1) is 33.2. The molecule has 0 N–H and O–H groups in total. The lowest BCUT2D eigenvalue weighted by Crippen LogP contribution is -2.14. The zero-order valence-corrected chi connectivity index (χ0v) is 31.9. The first-order chi connectivity index (χ1) is 28.0. The van der Waals surface area contributed by atoms with Crippen LogP contribution in [0.25, 0.3) is 99.6 Å². The van der Waals surface area contributed by atoms with Crippen LogP contribution in [0.2, 0.25) is 0 Å². The average Bonchev–Trinajstić information content (AvgIpc) is 3.50. The van der Waals surface area contributed by atoms with Crippen molar-refractivity contribution in [1.29, 1.82) is 0 Å². The third kappa shape index (κ3) is 5.48. The molecule has 0 saturated carbocycles. The molecule has 0 unspecified atom stereocenters. The summed E-state index contributed by atoms with van der Waals surface area (Å²) in [6, 6.07) is 70.2. The summed E-state index contributed by atoms with van der Waals surface area (Å²) in [5.74, 6) is 0.719. The fourth-order valence-electron chi connectivity index (χ4n) is 9.14. The van der Waals surface area contributed by atoms with Crippen molar-refractivity contribution in [2.24, 2.45) is 0 Å². The molecule has 1 aliphatic rings. The number of aromatic nitrogens is 2. The summed E-state index contributed by atoms with van der Waals surface area (Å²) >= 11 is 0. The Kier molecular flexibility index (Phi) is 7.55. The number of hydrogen-bond acceptors (Lipinski definition) is 2. The van der Waals surface area contributed by atoms with E-state index < -0.39 is 0 Å². The van der Waals surface area contributed by atoms with Gasteiger partial charge in [0.15, 0.2) is 5.82 Å². The van der Waals surface area contributed by atoms with Gasteiger partial charge in [0.25, 0.3) is 0 Å². The fourth-order valence-corrected chi connectivity index (χ4v) is 9.14. The van der Waals surface area contributed by atoms with E-state index in [0.717, 1.165) is 33.9 Å². The normalized spacial score (nSPS) is 12.9. The number of hydrogen-bond donors (Lipinski definition) is 0. The van der Waals surface area contributed by atoms with Crippen molar-refractivity contribution in [3.63, 3.8) is 0 Å². The molecule has 0 fully saturated rings. The molecule has 0 aliphatic heterocycles. The fraction of sp³-hybridized carbons (Fsp3) is 0.0545. The minimum Gasteiger partial charge on any atom is -0.228 e. The number of fused-ring (bicyclic) bond motifs is 6. The predicted octanol–water partition coefficient (Wildman–Crippen LogP) is 14.6. The van der Waals surface area contributed by atoms with E-state index in [-0.39, 0.29) is 5.41 Å². The second kappa shape index (κ2) is 13.0. The molecule has 0 bridgehead atoms. The number of rotatable bonds is 5. The molecular weight excluding hydrogens is 689 g/mol. The molecular formula is C55H38N2. The molecule has 1 aromatic heterocycles. The molecule has 9 aromatic carbocycles. The highest BCUT2D eigenvalue weighted by Crippen LogP contribution is 2.53. The van der Waals surface area contributed by atoms with Crippen LogP contribution >= 0.6 is 0 Å². The summed E-state index contributed by atoms with van der Waals surface area (Å²) in [5, 5.41) is 7.37. The van der Waals surface area contributed by atoms with Gasteiger partial charge < -0.3 is 0 Å². The van der Waals surface area contributed by atoms with Gasteiger partial charge in [0.2, 0.25) is 0 Å². The van der Waals surface area contributed by atoms with Crippen molar-refractivity contribution in [2.45, 2.75) is 19.3 Å². The van der Waals surface area contributed by atoms with E-state index in [1.165, 1.54) is 76.8 Å². The van der Waals surface area contributed by atoms with Gasteiger partial charge in [-0.3, -0.25) is 0 Å². The lowest BCUT2D eigenvalue weighted by atomic mass is 9.81. The van der Waals surface area contributed by atoms with Crippen LogP contribution in [0.4, 0.5) is 0 Å². The van der Waals surface area contributed by atoms with Crippen molar-refractivity contribution >= 4 is 32.3 Å². The minimum absolute atomic E-state index is 0.145. The standard InChI is InChI=1S/C55H38N2/c1-55(2)48-23-13-22-46(53(48)47-32-38-19-9-10-20-39(38)33-49(47)55)51-34-50(56-54(57-51)37-17-7-4-8-18-37)42-26-24-41-31-43(27-25-40(41)30-42)52-44-21-12-11-16-36(44)28-29-45(52)35-14-5-3-6-15-35/h3-34H,1-2H3. The van der Waals surface area contributed by atoms with Crippen LogP contribution in [-0.2, 0) is 5.41 Å². The van der Waals surface area contributed by atoms with E-state index in [1.54, 1.807) is 0 Å². The van der Waals surface area contributed by atoms with Gasteiger partial charge in [0.05, 0.1) is 11.4 Å². The lowest BCUT2D eigenvalue weighted by Gasteiger charge is -2.22. The van der Waals surface area contributed by atoms with Crippen molar-refractivity contribution in [2.75, 3.05) is 0 Å². The molecule has 0 atom stereocenters. The van der Waals surface area contributed by atoms with Crippen LogP contribution in [-0.4, -0.2) is 9.97 Å². The SMILES string of the molecule is CC1(C)c2cc3ccccc3cc2-c2c(-c3cc(-c4ccc5cc(-c6c(-c7ccccc7)ccc7ccccc67)ccc5c4)nc(-c4ccccc4)n3)cccc21. The van der Waals surface area contributed by atoms with Crippen molar-refractivity contribution in [3.8, 4) is 67.3 Å². The summed E-state index contributed by atoms with van der Waals surface area (Å²) in [4.78, 5) is 10.6. The average molecular weight is 727 g/mol. The van der Waals surface area contributed by atoms with E-state index >= 15 is 0 Å². The topological polar surface area (TPSA) is 25.8 Å². The number of nitrogens with zero attached hydrogens (tertiary/aromatic N) is 2. The van der Waals surface area contributed by atoms with Crippen molar-refractivity contribution < 1.29 is 0 Å². The van der Waals surface area contributed by atoms with Gasteiger partial charge in [-0.25, -0.2) is 9.97 Å². The monoisotopic (exact) mass is 726 g/mol. The summed E-state index contributed by atoms with van der Waals surface area (Å²) in [6.45, 7) is 4.69. The highest BCUT2D eigenvalue weighted by atomic mass is 14.9. The molecule has 2 heteroatoms. The van der Waals surface area contributed by atoms with Gasteiger partial charge in [-0.05, 0) is 107 Å². The molecule has 0 radical (unpaired) electrons. The Morgan fingerprint density at radius 1 is 0.333 bits per heavy atom. The Balaban J connectivity index is 1.07. The molecule has 10 aromatic rings. The number of benzene rings is 9. The highest BCUT2D eigenvalue weighted by molar-refractivity contribution is 6.06. The second-order valence-electron chi connectivity index (χ2n) is 15.8. The largest absolute Gasteiger partial charge is 0.228 e. The third-order valence-electron chi connectivity index (χ3n) is 12.0. The molecule has 268 valence electrons. The Morgan fingerprint density at radius 3 is 1.70 bits per heavy atom. The zero-order chi connectivity index (χ0) is 38.1. The van der Waals surface area contributed by atoms with E-state index in [4.69, 9.17) is 9.97 Å². The Hall–Kier alpha value is -7.16. The molecule has 1 aliphatic carbocycles. The van der Waals surface area contributed by atoms with Crippen molar-refractivity contribution in [3.05, 3.63) is 205 Å². The third-order valence-corrected chi connectivity index (χ3v) is 12.0. The van der Waals surface area contributed by atoms with Crippen LogP contribution in [0.3, 0.4) is 0 Å². The van der Waals surface area contributed by atoms with Crippen molar-refractivity contribution in [1.82, 2.24) is 9.97 Å². The Morgan fingerprint density at radius 2 is 0.930 bits per heavy atom. The minimum atomic E-state index is -0.145. The van der Waals surface area contributed by atoms with Crippen LogP contribution < -0.4 is 0 Å². The van der Waals surface area contributed by atoms with E-state index in [1.807, 2.05) is 6.07 Å².